The molecular weight excluding hydrogens is 310 g/mol. The number of amides is 1. The summed E-state index contributed by atoms with van der Waals surface area (Å²) >= 11 is 0. The van der Waals surface area contributed by atoms with Crippen molar-refractivity contribution < 1.29 is 19.0 Å². The molecule has 0 spiro atoms. The van der Waals surface area contributed by atoms with Crippen LogP contribution in [0.3, 0.4) is 0 Å². The van der Waals surface area contributed by atoms with Gasteiger partial charge in [0.25, 0.3) is 5.91 Å². The van der Waals surface area contributed by atoms with Gasteiger partial charge in [-0.05, 0) is 30.3 Å². The molecule has 1 aromatic carbocycles. The van der Waals surface area contributed by atoms with Crippen molar-refractivity contribution in [2.45, 2.75) is 0 Å². The Hall–Kier alpha value is -2.80. The topological polar surface area (TPSA) is 72.9 Å². The lowest BCUT2D eigenvalue weighted by atomic mass is 10.2. The molecule has 7 nitrogen and oxygen atoms in total. The molecule has 0 radical (unpaired) electrons. The van der Waals surface area contributed by atoms with Crippen molar-refractivity contribution in [1.29, 1.82) is 0 Å². The van der Waals surface area contributed by atoms with Gasteiger partial charge in [-0.2, -0.15) is 0 Å². The fourth-order valence-corrected chi connectivity index (χ4v) is 2.69. The second-order valence-electron chi connectivity index (χ2n) is 5.52. The molecule has 0 saturated carbocycles. The van der Waals surface area contributed by atoms with Crippen LogP contribution in [0, 0.1) is 0 Å². The number of carbonyl (C=O) groups excluding carboxylic acids is 1. The van der Waals surface area contributed by atoms with Crippen molar-refractivity contribution in [1.82, 2.24) is 4.98 Å². The van der Waals surface area contributed by atoms with E-state index in [0.717, 1.165) is 32.0 Å². The molecule has 2 aliphatic heterocycles. The molecule has 124 valence electrons. The number of benzene rings is 1. The van der Waals surface area contributed by atoms with Crippen LogP contribution < -0.4 is 19.7 Å². The Balaban J connectivity index is 1.44. The first-order valence-electron chi connectivity index (χ1n) is 7.79. The predicted octanol–water partition coefficient (Wildman–Crippen LogP) is 1.90. The highest BCUT2D eigenvalue weighted by Crippen LogP contribution is 2.32. The van der Waals surface area contributed by atoms with Crippen molar-refractivity contribution in [3.8, 4) is 11.5 Å². The molecule has 0 bridgehead atoms. The van der Waals surface area contributed by atoms with Crippen molar-refractivity contribution in [3.63, 3.8) is 0 Å². The molecule has 0 aliphatic carbocycles. The summed E-state index contributed by atoms with van der Waals surface area (Å²) in [4.78, 5) is 18.9. The van der Waals surface area contributed by atoms with Gasteiger partial charge in [0.2, 0.25) is 6.79 Å². The fraction of sp³-hybridized carbons (Fsp3) is 0.294. The SMILES string of the molecule is O=C(Nc1ccc(N2CCOCC2)cn1)c1ccc2c(c1)OCO2. The van der Waals surface area contributed by atoms with Crippen LogP contribution in [-0.2, 0) is 4.74 Å². The first-order chi connectivity index (χ1) is 11.8. The second kappa shape index (κ2) is 6.37. The van der Waals surface area contributed by atoms with Crippen LogP contribution in [0.5, 0.6) is 11.5 Å². The van der Waals surface area contributed by atoms with E-state index < -0.39 is 0 Å². The van der Waals surface area contributed by atoms with E-state index in [-0.39, 0.29) is 12.7 Å². The van der Waals surface area contributed by atoms with Crippen LogP contribution in [0.25, 0.3) is 0 Å². The number of morpholine rings is 1. The average Bonchev–Trinajstić information content (AvgIpc) is 3.11. The molecule has 0 atom stereocenters. The summed E-state index contributed by atoms with van der Waals surface area (Å²) in [5.74, 6) is 1.51. The summed E-state index contributed by atoms with van der Waals surface area (Å²) in [6.45, 7) is 3.34. The molecule has 0 unspecified atom stereocenters. The minimum absolute atomic E-state index is 0.185. The van der Waals surface area contributed by atoms with E-state index >= 15 is 0 Å². The number of carbonyl (C=O) groups is 1. The van der Waals surface area contributed by atoms with Gasteiger partial charge in [0.1, 0.15) is 5.82 Å². The van der Waals surface area contributed by atoms with Gasteiger partial charge in [0, 0.05) is 18.7 Å². The number of ether oxygens (including phenoxy) is 3. The van der Waals surface area contributed by atoms with Crippen LogP contribution in [0.15, 0.2) is 36.5 Å². The van der Waals surface area contributed by atoms with E-state index in [9.17, 15) is 4.79 Å². The maximum atomic E-state index is 12.3. The van der Waals surface area contributed by atoms with Crippen LogP contribution in [0.1, 0.15) is 10.4 Å². The van der Waals surface area contributed by atoms with E-state index in [1.807, 2.05) is 6.07 Å². The monoisotopic (exact) mass is 327 g/mol. The largest absolute Gasteiger partial charge is 0.454 e. The van der Waals surface area contributed by atoms with Crippen LogP contribution >= 0.6 is 0 Å². The predicted molar refractivity (Wildman–Crippen MR) is 87.8 cm³/mol. The second-order valence-corrected chi connectivity index (χ2v) is 5.52. The molecule has 3 heterocycles. The van der Waals surface area contributed by atoms with Crippen molar-refractivity contribution in [3.05, 3.63) is 42.1 Å². The summed E-state index contributed by atoms with van der Waals surface area (Å²) in [6.07, 6.45) is 1.76. The lowest BCUT2D eigenvalue weighted by Crippen LogP contribution is -2.36. The maximum Gasteiger partial charge on any atom is 0.256 e. The number of nitrogens with one attached hydrogen (secondary N) is 1. The molecule has 1 saturated heterocycles. The molecule has 1 fully saturated rings. The summed E-state index contributed by atoms with van der Waals surface area (Å²) in [7, 11) is 0. The molecule has 7 heteroatoms. The normalized spacial score (nSPS) is 16.1. The van der Waals surface area contributed by atoms with Gasteiger partial charge in [0.15, 0.2) is 11.5 Å². The zero-order chi connectivity index (χ0) is 16.4. The van der Waals surface area contributed by atoms with E-state index in [0.29, 0.717) is 22.9 Å². The quantitative estimate of drug-likeness (QED) is 0.928. The van der Waals surface area contributed by atoms with Gasteiger partial charge >= 0.3 is 0 Å². The highest BCUT2D eigenvalue weighted by atomic mass is 16.7. The Labute approximate surface area is 139 Å². The summed E-state index contributed by atoms with van der Waals surface area (Å²) in [5.41, 5.74) is 1.53. The minimum Gasteiger partial charge on any atom is -0.454 e. The lowest BCUT2D eigenvalue weighted by molar-refractivity contribution is 0.102. The zero-order valence-corrected chi connectivity index (χ0v) is 13.0. The first kappa shape index (κ1) is 14.8. The van der Waals surface area contributed by atoms with Crippen LogP contribution in [0.4, 0.5) is 11.5 Å². The third kappa shape index (κ3) is 2.98. The molecule has 24 heavy (non-hydrogen) atoms. The Kier molecular flexibility index (Phi) is 3.92. The third-order valence-corrected chi connectivity index (χ3v) is 4.00. The van der Waals surface area contributed by atoms with Gasteiger partial charge < -0.3 is 24.4 Å². The first-order valence-corrected chi connectivity index (χ1v) is 7.79. The minimum atomic E-state index is -0.236. The highest BCUT2D eigenvalue weighted by molar-refractivity contribution is 6.04. The van der Waals surface area contributed by atoms with Crippen molar-refractivity contribution >= 4 is 17.4 Å². The zero-order valence-electron chi connectivity index (χ0n) is 13.0. The smallest absolute Gasteiger partial charge is 0.256 e. The number of rotatable bonds is 3. The summed E-state index contributed by atoms with van der Waals surface area (Å²) < 4.78 is 15.9. The Morgan fingerprint density at radius 1 is 1.08 bits per heavy atom. The molecule has 1 N–H and O–H groups in total. The van der Waals surface area contributed by atoms with Crippen molar-refractivity contribution in [2.24, 2.45) is 0 Å². The lowest BCUT2D eigenvalue weighted by Gasteiger charge is -2.28. The average molecular weight is 327 g/mol. The Morgan fingerprint density at radius 3 is 2.71 bits per heavy atom. The highest BCUT2D eigenvalue weighted by Gasteiger charge is 2.17. The number of pyridine rings is 1. The molecular formula is C17H17N3O4. The molecule has 4 rings (SSSR count). The van der Waals surface area contributed by atoms with E-state index in [4.69, 9.17) is 14.2 Å². The van der Waals surface area contributed by atoms with Crippen LogP contribution in [-0.4, -0.2) is 44.0 Å². The number of hydrogen-bond donors (Lipinski definition) is 1. The van der Waals surface area contributed by atoms with Gasteiger partial charge in [-0.15, -0.1) is 0 Å². The number of hydrogen-bond acceptors (Lipinski definition) is 6. The van der Waals surface area contributed by atoms with Gasteiger partial charge in [0.05, 0.1) is 25.1 Å². The Morgan fingerprint density at radius 2 is 1.92 bits per heavy atom. The number of aromatic nitrogens is 1. The number of anilines is 2. The molecule has 1 aromatic heterocycles. The summed E-state index contributed by atoms with van der Waals surface area (Å²) in [6, 6.07) is 8.85. The van der Waals surface area contributed by atoms with Crippen LogP contribution in [0.2, 0.25) is 0 Å². The van der Waals surface area contributed by atoms with Crippen molar-refractivity contribution in [2.75, 3.05) is 43.3 Å². The van der Waals surface area contributed by atoms with Gasteiger partial charge in [-0.1, -0.05) is 0 Å². The standard InChI is InChI=1S/C17H17N3O4/c21-17(12-1-3-14-15(9-12)24-11-23-14)19-16-4-2-13(10-18-16)20-5-7-22-8-6-20/h1-4,9-10H,5-8,11H2,(H,18,19,21). The Bertz CT molecular complexity index is 742. The number of fused-ring (bicyclic) bond motifs is 1. The van der Waals surface area contributed by atoms with Gasteiger partial charge in [-0.25, -0.2) is 4.98 Å². The van der Waals surface area contributed by atoms with Gasteiger partial charge in [-0.3, -0.25) is 4.79 Å². The number of nitrogens with zero attached hydrogens (tertiary/aromatic N) is 2. The van der Waals surface area contributed by atoms with E-state index in [1.54, 1.807) is 30.5 Å². The maximum absolute atomic E-state index is 12.3. The third-order valence-electron chi connectivity index (χ3n) is 4.00. The fourth-order valence-electron chi connectivity index (χ4n) is 2.69. The molecule has 2 aromatic rings. The van der Waals surface area contributed by atoms with E-state index in [2.05, 4.69) is 15.2 Å². The summed E-state index contributed by atoms with van der Waals surface area (Å²) in [5, 5.41) is 2.79. The molecule has 2 aliphatic rings. The molecule has 1 amide bonds. The van der Waals surface area contributed by atoms with E-state index in [1.165, 1.54) is 0 Å².